The average molecular weight is 277 g/mol. The minimum Gasteiger partial charge on any atom is -0.392 e. The van der Waals surface area contributed by atoms with Gasteiger partial charge in [-0.25, -0.2) is 0 Å². The highest BCUT2D eigenvalue weighted by molar-refractivity contribution is 5.85. The van der Waals surface area contributed by atoms with Crippen molar-refractivity contribution in [1.82, 2.24) is 10.6 Å². The van der Waals surface area contributed by atoms with E-state index in [0.717, 1.165) is 32.2 Å². The van der Waals surface area contributed by atoms with E-state index in [1.807, 2.05) is 13.8 Å². The van der Waals surface area contributed by atoms with Crippen LogP contribution < -0.4 is 10.6 Å². The van der Waals surface area contributed by atoms with Gasteiger partial charge in [0.2, 0.25) is 5.91 Å². The standard InChI is InChI=1S/C13H24N2O2.ClH/c1-9(2)11(16)13(5-6-13)8-15-12(17)10-4-3-7-14-10;/h9-11,14,16H,3-8H2,1-2H3,(H,15,17);1H. The number of rotatable bonds is 5. The maximum Gasteiger partial charge on any atom is 0.237 e. The Morgan fingerprint density at radius 3 is 2.61 bits per heavy atom. The van der Waals surface area contributed by atoms with Crippen LogP contribution >= 0.6 is 12.4 Å². The van der Waals surface area contributed by atoms with Crippen LogP contribution in [0, 0.1) is 11.3 Å². The van der Waals surface area contributed by atoms with Crippen molar-refractivity contribution >= 4 is 18.3 Å². The molecule has 1 aliphatic carbocycles. The molecule has 1 heterocycles. The van der Waals surface area contributed by atoms with E-state index in [2.05, 4.69) is 10.6 Å². The molecule has 1 aliphatic heterocycles. The Morgan fingerprint density at radius 1 is 1.50 bits per heavy atom. The molecule has 2 aliphatic rings. The molecule has 4 nitrogen and oxygen atoms in total. The van der Waals surface area contributed by atoms with Crippen LogP contribution in [0.3, 0.4) is 0 Å². The number of aliphatic hydroxyl groups is 1. The van der Waals surface area contributed by atoms with Crippen LogP contribution in [0.2, 0.25) is 0 Å². The van der Waals surface area contributed by atoms with Gasteiger partial charge in [-0.2, -0.15) is 0 Å². The predicted octanol–water partition coefficient (Wildman–Crippen LogP) is 1.07. The number of aliphatic hydroxyl groups excluding tert-OH is 1. The summed E-state index contributed by atoms with van der Waals surface area (Å²) in [7, 11) is 0. The van der Waals surface area contributed by atoms with Gasteiger partial charge in [0.1, 0.15) is 0 Å². The Morgan fingerprint density at radius 2 is 2.17 bits per heavy atom. The number of amides is 1. The minimum atomic E-state index is -0.292. The van der Waals surface area contributed by atoms with Crippen LogP contribution in [0.4, 0.5) is 0 Å². The summed E-state index contributed by atoms with van der Waals surface area (Å²) in [6, 6.07) is -0.0120. The van der Waals surface area contributed by atoms with Crippen molar-refractivity contribution in [3.63, 3.8) is 0 Å². The van der Waals surface area contributed by atoms with E-state index >= 15 is 0 Å². The first-order chi connectivity index (χ1) is 8.05. The Labute approximate surface area is 115 Å². The fourth-order valence-electron chi connectivity index (χ4n) is 2.74. The molecule has 3 N–H and O–H groups in total. The van der Waals surface area contributed by atoms with Gasteiger partial charge in [0.05, 0.1) is 12.1 Å². The highest BCUT2D eigenvalue weighted by Crippen LogP contribution is 2.50. The van der Waals surface area contributed by atoms with Crippen LogP contribution in [0.15, 0.2) is 0 Å². The molecule has 0 aromatic rings. The first-order valence-corrected chi connectivity index (χ1v) is 6.74. The highest BCUT2D eigenvalue weighted by atomic mass is 35.5. The Balaban J connectivity index is 0.00000162. The Bertz CT molecular complexity index is 287. The van der Waals surface area contributed by atoms with Crippen molar-refractivity contribution in [3.8, 4) is 0 Å². The van der Waals surface area contributed by atoms with Gasteiger partial charge in [-0.1, -0.05) is 13.8 Å². The lowest BCUT2D eigenvalue weighted by atomic mass is 9.90. The predicted molar refractivity (Wildman–Crippen MR) is 73.8 cm³/mol. The van der Waals surface area contributed by atoms with E-state index in [1.165, 1.54) is 0 Å². The third-order valence-electron chi connectivity index (χ3n) is 4.14. The lowest BCUT2D eigenvalue weighted by Crippen LogP contribution is -2.45. The second-order valence-corrected chi connectivity index (χ2v) is 5.92. The lowest BCUT2D eigenvalue weighted by Gasteiger charge is -2.26. The molecule has 1 amide bonds. The second-order valence-electron chi connectivity index (χ2n) is 5.92. The number of nitrogens with one attached hydrogen (secondary N) is 2. The highest BCUT2D eigenvalue weighted by Gasteiger charge is 2.50. The molecule has 0 spiro atoms. The lowest BCUT2D eigenvalue weighted by molar-refractivity contribution is -0.123. The van der Waals surface area contributed by atoms with Crippen molar-refractivity contribution in [2.75, 3.05) is 13.1 Å². The Kier molecular flexibility index (Phi) is 5.44. The van der Waals surface area contributed by atoms with Crippen LogP contribution in [-0.2, 0) is 4.79 Å². The summed E-state index contributed by atoms with van der Waals surface area (Å²) in [5, 5.41) is 16.3. The van der Waals surface area contributed by atoms with Gasteiger partial charge in [-0.3, -0.25) is 4.79 Å². The SMILES string of the molecule is CC(C)C(O)C1(CNC(=O)C2CCCN2)CC1.Cl. The third-order valence-corrected chi connectivity index (χ3v) is 4.14. The van der Waals surface area contributed by atoms with Gasteiger partial charge in [-0.05, 0) is 38.1 Å². The minimum absolute atomic E-state index is 0. The van der Waals surface area contributed by atoms with Gasteiger partial charge in [0.15, 0.2) is 0 Å². The summed E-state index contributed by atoms with van der Waals surface area (Å²) in [6.07, 6.45) is 3.79. The quantitative estimate of drug-likeness (QED) is 0.704. The molecular formula is C13H25ClN2O2. The van der Waals surface area contributed by atoms with Gasteiger partial charge in [-0.15, -0.1) is 12.4 Å². The molecule has 2 rings (SSSR count). The van der Waals surface area contributed by atoms with Crippen molar-refractivity contribution in [2.24, 2.45) is 11.3 Å². The van der Waals surface area contributed by atoms with E-state index in [1.54, 1.807) is 0 Å². The average Bonchev–Trinajstić information content (AvgIpc) is 2.88. The second kappa shape index (κ2) is 6.22. The zero-order valence-corrected chi connectivity index (χ0v) is 12.1. The molecule has 0 aromatic heterocycles. The van der Waals surface area contributed by atoms with E-state index in [0.29, 0.717) is 6.54 Å². The van der Waals surface area contributed by atoms with E-state index in [9.17, 15) is 9.90 Å². The van der Waals surface area contributed by atoms with Crippen LogP contribution in [0.5, 0.6) is 0 Å². The summed E-state index contributed by atoms with van der Waals surface area (Å²) >= 11 is 0. The van der Waals surface area contributed by atoms with Gasteiger partial charge in [0, 0.05) is 12.0 Å². The Hall–Kier alpha value is -0.320. The number of hydrogen-bond donors (Lipinski definition) is 3. The molecule has 106 valence electrons. The van der Waals surface area contributed by atoms with E-state index in [-0.39, 0.29) is 41.8 Å². The number of halogens is 1. The molecule has 0 radical (unpaired) electrons. The van der Waals surface area contributed by atoms with Gasteiger partial charge < -0.3 is 15.7 Å². The first kappa shape index (κ1) is 15.7. The van der Waals surface area contributed by atoms with Crippen LogP contribution in [-0.4, -0.2) is 36.2 Å². The fraction of sp³-hybridized carbons (Fsp3) is 0.923. The van der Waals surface area contributed by atoms with Crippen molar-refractivity contribution in [2.45, 2.75) is 51.7 Å². The fourth-order valence-corrected chi connectivity index (χ4v) is 2.74. The number of hydrogen-bond acceptors (Lipinski definition) is 3. The molecule has 1 saturated heterocycles. The van der Waals surface area contributed by atoms with Crippen LogP contribution in [0.1, 0.15) is 39.5 Å². The topological polar surface area (TPSA) is 61.4 Å². The molecule has 1 saturated carbocycles. The number of carbonyl (C=O) groups is 1. The summed E-state index contributed by atoms with van der Waals surface area (Å²) in [5.41, 5.74) is -0.0393. The third kappa shape index (κ3) is 3.37. The maximum absolute atomic E-state index is 11.9. The smallest absolute Gasteiger partial charge is 0.237 e. The van der Waals surface area contributed by atoms with Gasteiger partial charge in [0.25, 0.3) is 0 Å². The maximum atomic E-state index is 11.9. The molecule has 2 fully saturated rings. The summed E-state index contributed by atoms with van der Waals surface area (Å²) in [5.74, 6) is 0.365. The van der Waals surface area contributed by atoms with Crippen molar-refractivity contribution in [3.05, 3.63) is 0 Å². The van der Waals surface area contributed by atoms with Crippen LogP contribution in [0.25, 0.3) is 0 Å². The monoisotopic (exact) mass is 276 g/mol. The molecule has 0 bridgehead atoms. The molecule has 2 atom stereocenters. The zero-order chi connectivity index (χ0) is 12.5. The normalized spacial score (nSPS) is 26.6. The van der Waals surface area contributed by atoms with E-state index in [4.69, 9.17) is 0 Å². The zero-order valence-electron chi connectivity index (χ0n) is 11.2. The van der Waals surface area contributed by atoms with Gasteiger partial charge >= 0.3 is 0 Å². The molecule has 2 unspecified atom stereocenters. The summed E-state index contributed by atoms with van der Waals surface area (Å²) < 4.78 is 0. The van der Waals surface area contributed by atoms with E-state index < -0.39 is 0 Å². The largest absolute Gasteiger partial charge is 0.392 e. The molecule has 0 aromatic carbocycles. The first-order valence-electron chi connectivity index (χ1n) is 6.74. The summed E-state index contributed by atoms with van der Waals surface area (Å²) in [6.45, 7) is 5.64. The molecule has 18 heavy (non-hydrogen) atoms. The number of carbonyl (C=O) groups excluding carboxylic acids is 1. The summed E-state index contributed by atoms with van der Waals surface area (Å²) in [4.78, 5) is 11.9. The molecule has 5 heteroatoms. The van der Waals surface area contributed by atoms with Crippen molar-refractivity contribution < 1.29 is 9.90 Å². The van der Waals surface area contributed by atoms with Crippen molar-refractivity contribution in [1.29, 1.82) is 0 Å². The molecular weight excluding hydrogens is 252 g/mol.